The van der Waals surface area contributed by atoms with E-state index in [0.29, 0.717) is 32.3 Å². The second-order valence-corrected chi connectivity index (χ2v) is 9.03. The van der Waals surface area contributed by atoms with Crippen molar-refractivity contribution in [2.45, 2.75) is 5.16 Å². The van der Waals surface area contributed by atoms with Crippen LogP contribution in [0.4, 0.5) is 0 Å². The monoisotopic (exact) mass is 447 g/mol. The van der Waals surface area contributed by atoms with Crippen LogP contribution >= 0.6 is 23.1 Å². The maximum absolute atomic E-state index is 13.1. The summed E-state index contributed by atoms with van der Waals surface area (Å²) in [6.07, 6.45) is 0. The van der Waals surface area contributed by atoms with Crippen LogP contribution in [-0.2, 0) is 7.05 Å². The molecule has 0 unspecified atom stereocenters. The minimum Gasteiger partial charge on any atom is -0.290 e. The molecule has 0 fully saturated rings. The highest BCUT2D eigenvalue weighted by molar-refractivity contribution is 7.99. The minimum atomic E-state index is -0.274. The first-order chi connectivity index (χ1) is 15.1. The highest BCUT2D eigenvalue weighted by atomic mass is 32.2. The van der Waals surface area contributed by atoms with Gasteiger partial charge >= 0.3 is 0 Å². The summed E-state index contributed by atoms with van der Waals surface area (Å²) in [4.78, 5) is 44.7. The van der Waals surface area contributed by atoms with Gasteiger partial charge in [0.15, 0.2) is 5.16 Å². The smallest absolute Gasteiger partial charge is 0.263 e. The Bertz CT molecular complexity index is 1360. The van der Waals surface area contributed by atoms with E-state index in [1.54, 1.807) is 31.3 Å². The molecule has 5 rings (SSSR count). The Morgan fingerprint density at radius 1 is 0.903 bits per heavy atom. The van der Waals surface area contributed by atoms with Crippen molar-refractivity contribution < 1.29 is 9.59 Å². The van der Waals surface area contributed by atoms with Gasteiger partial charge in [0.05, 0.1) is 16.5 Å². The van der Waals surface area contributed by atoms with Crippen LogP contribution in [-0.4, -0.2) is 38.6 Å². The van der Waals surface area contributed by atoms with Crippen molar-refractivity contribution in [3.05, 3.63) is 81.5 Å². The van der Waals surface area contributed by atoms with Crippen LogP contribution in [0.2, 0.25) is 0 Å². The molecule has 0 aliphatic carbocycles. The number of benzene rings is 2. The highest BCUT2D eigenvalue weighted by Crippen LogP contribution is 2.32. The minimum absolute atomic E-state index is 0.103. The lowest BCUT2D eigenvalue weighted by Crippen LogP contribution is -2.32. The fraction of sp³-hybridized carbons (Fsp3) is 0.130. The van der Waals surface area contributed by atoms with E-state index < -0.39 is 0 Å². The second-order valence-electron chi connectivity index (χ2n) is 7.11. The molecule has 0 N–H and O–H groups in total. The van der Waals surface area contributed by atoms with Crippen LogP contribution in [0.5, 0.6) is 0 Å². The van der Waals surface area contributed by atoms with Gasteiger partial charge in [0, 0.05) is 30.3 Å². The van der Waals surface area contributed by atoms with Crippen LogP contribution < -0.4 is 5.56 Å². The van der Waals surface area contributed by atoms with Gasteiger partial charge in [-0.25, -0.2) is 4.98 Å². The summed E-state index contributed by atoms with van der Waals surface area (Å²) in [5, 5.41) is 3.14. The molecule has 31 heavy (non-hydrogen) atoms. The second kappa shape index (κ2) is 7.79. The summed E-state index contributed by atoms with van der Waals surface area (Å²) in [7, 11) is 1.70. The molecule has 154 valence electrons. The predicted octanol–water partition coefficient (Wildman–Crippen LogP) is 4.05. The van der Waals surface area contributed by atoms with Crippen LogP contribution in [0.15, 0.2) is 69.9 Å². The molecular formula is C23H17N3O3S2. The van der Waals surface area contributed by atoms with Crippen molar-refractivity contribution >= 4 is 45.1 Å². The number of aromatic nitrogens is 2. The number of thiophene rings is 1. The fourth-order valence-electron chi connectivity index (χ4n) is 3.68. The Balaban J connectivity index is 1.37. The van der Waals surface area contributed by atoms with Gasteiger partial charge < -0.3 is 0 Å². The molecule has 0 radical (unpaired) electrons. The van der Waals surface area contributed by atoms with Crippen LogP contribution in [0.1, 0.15) is 20.7 Å². The van der Waals surface area contributed by atoms with E-state index in [2.05, 4.69) is 4.98 Å². The number of carbonyl (C=O) groups excluding carboxylic acids is 2. The summed E-state index contributed by atoms with van der Waals surface area (Å²) in [6, 6.07) is 16.6. The van der Waals surface area contributed by atoms with Crippen molar-refractivity contribution in [1.29, 1.82) is 0 Å². The largest absolute Gasteiger partial charge is 0.290 e. The molecule has 3 heterocycles. The predicted molar refractivity (Wildman–Crippen MR) is 123 cm³/mol. The van der Waals surface area contributed by atoms with Crippen LogP contribution in [0, 0.1) is 0 Å². The zero-order chi connectivity index (χ0) is 21.5. The summed E-state index contributed by atoms with van der Waals surface area (Å²) in [5.41, 5.74) is 2.65. The van der Waals surface area contributed by atoms with E-state index in [9.17, 15) is 14.4 Å². The third-order valence-corrected chi connectivity index (χ3v) is 7.17. The Morgan fingerprint density at radius 3 is 2.23 bits per heavy atom. The van der Waals surface area contributed by atoms with Gasteiger partial charge in [-0.15, -0.1) is 11.3 Å². The first-order valence-electron chi connectivity index (χ1n) is 9.68. The van der Waals surface area contributed by atoms with Crippen molar-refractivity contribution in [3.63, 3.8) is 0 Å². The molecule has 6 nitrogen and oxygen atoms in total. The molecule has 2 aromatic carbocycles. The first kappa shape index (κ1) is 19.7. The molecule has 1 aliphatic rings. The average molecular weight is 448 g/mol. The van der Waals surface area contributed by atoms with Gasteiger partial charge in [-0.05, 0) is 17.7 Å². The zero-order valence-electron chi connectivity index (χ0n) is 16.6. The number of hydrogen-bond acceptors (Lipinski definition) is 6. The maximum atomic E-state index is 13.1. The number of fused-ring (bicyclic) bond motifs is 2. The summed E-state index contributed by atoms with van der Waals surface area (Å²) >= 11 is 2.80. The average Bonchev–Trinajstić information content (AvgIpc) is 3.33. The molecule has 1 aliphatic heterocycles. The van der Waals surface area contributed by atoms with Gasteiger partial charge in [-0.1, -0.05) is 54.2 Å². The van der Waals surface area contributed by atoms with Gasteiger partial charge in [-0.3, -0.25) is 23.9 Å². The van der Waals surface area contributed by atoms with E-state index >= 15 is 0 Å². The lowest BCUT2D eigenvalue weighted by molar-refractivity contribution is 0.0664. The Hall–Kier alpha value is -3.23. The Morgan fingerprint density at radius 2 is 1.55 bits per heavy atom. The molecule has 0 spiro atoms. The molecule has 4 aromatic rings. The molecule has 0 saturated heterocycles. The summed E-state index contributed by atoms with van der Waals surface area (Å²) < 4.78 is 1.54. The van der Waals surface area contributed by atoms with Gasteiger partial charge in [0.1, 0.15) is 4.83 Å². The van der Waals surface area contributed by atoms with Crippen LogP contribution in [0.25, 0.3) is 21.3 Å². The molecule has 0 saturated carbocycles. The molecule has 2 aromatic heterocycles. The van der Waals surface area contributed by atoms with E-state index in [1.807, 2.05) is 35.7 Å². The van der Waals surface area contributed by atoms with E-state index in [-0.39, 0.29) is 23.9 Å². The van der Waals surface area contributed by atoms with Crippen molar-refractivity contribution in [1.82, 2.24) is 14.5 Å². The fourth-order valence-corrected chi connectivity index (χ4v) is 5.57. The number of carbonyl (C=O) groups is 2. The Kier molecular flexibility index (Phi) is 4.95. The normalized spacial score (nSPS) is 13.3. The topological polar surface area (TPSA) is 72.3 Å². The molecule has 0 atom stereocenters. The third kappa shape index (κ3) is 3.28. The van der Waals surface area contributed by atoms with Gasteiger partial charge in [0.25, 0.3) is 17.4 Å². The number of nitrogens with zero attached hydrogens (tertiary/aromatic N) is 3. The SMILES string of the molecule is Cn1c(SCCN2C(=O)c3ccccc3C2=O)nc2scc(-c3ccccc3)c2c1=O. The molecule has 8 heteroatoms. The van der Waals surface area contributed by atoms with Crippen LogP contribution in [0.3, 0.4) is 0 Å². The number of amides is 2. The summed E-state index contributed by atoms with van der Waals surface area (Å²) in [5.74, 6) is -0.0951. The lowest BCUT2D eigenvalue weighted by atomic mass is 10.1. The van der Waals surface area contributed by atoms with E-state index in [1.165, 1.54) is 32.6 Å². The third-order valence-electron chi connectivity index (χ3n) is 5.28. The molecule has 2 amide bonds. The highest BCUT2D eigenvalue weighted by Gasteiger charge is 2.34. The number of hydrogen-bond donors (Lipinski definition) is 0. The molecule has 0 bridgehead atoms. The maximum Gasteiger partial charge on any atom is 0.263 e. The van der Waals surface area contributed by atoms with E-state index in [4.69, 9.17) is 0 Å². The Labute approximate surface area is 186 Å². The first-order valence-corrected chi connectivity index (χ1v) is 11.5. The van der Waals surface area contributed by atoms with Gasteiger partial charge in [-0.2, -0.15) is 0 Å². The van der Waals surface area contributed by atoms with Crippen molar-refractivity contribution in [2.24, 2.45) is 7.05 Å². The van der Waals surface area contributed by atoms with E-state index in [0.717, 1.165) is 11.1 Å². The lowest BCUT2D eigenvalue weighted by Gasteiger charge is -2.14. The van der Waals surface area contributed by atoms with Crippen molar-refractivity contribution in [3.8, 4) is 11.1 Å². The zero-order valence-corrected chi connectivity index (χ0v) is 18.2. The number of thioether (sulfide) groups is 1. The summed E-state index contributed by atoms with van der Waals surface area (Å²) in [6.45, 7) is 0.255. The van der Waals surface area contributed by atoms with Gasteiger partial charge in [0.2, 0.25) is 0 Å². The standard InChI is InChI=1S/C23H17N3O3S2/c1-25-22(29)18-17(14-7-3-2-4-8-14)13-31-19(18)24-23(25)30-12-11-26-20(27)15-9-5-6-10-16(15)21(26)28/h2-10,13H,11-12H2,1H3. The number of imide groups is 1. The quantitative estimate of drug-likeness (QED) is 0.262. The number of rotatable bonds is 5. The molecular weight excluding hydrogens is 430 g/mol. The van der Waals surface area contributed by atoms with Crippen molar-refractivity contribution in [2.75, 3.05) is 12.3 Å².